The standard InChI is InChI=1S/C12H9Br2N3OS/c13-9-3-7(15)4-10(14)11(9)18-6-8-5-17-1-2-19-12(17)16-8/h1-5H,6,15H2. The number of nitrogens with two attached hydrogens (primary N) is 1. The molecule has 0 fully saturated rings. The molecule has 0 atom stereocenters. The van der Waals surface area contributed by atoms with Crippen LogP contribution in [0.5, 0.6) is 5.75 Å². The topological polar surface area (TPSA) is 52.5 Å². The number of benzene rings is 1. The highest BCUT2D eigenvalue weighted by Crippen LogP contribution is 2.36. The number of halogens is 2. The summed E-state index contributed by atoms with van der Waals surface area (Å²) in [6.07, 6.45) is 3.94. The van der Waals surface area contributed by atoms with Crippen LogP contribution in [0.25, 0.3) is 4.96 Å². The van der Waals surface area contributed by atoms with Gasteiger partial charge in [-0.1, -0.05) is 0 Å². The number of anilines is 1. The monoisotopic (exact) mass is 401 g/mol. The van der Waals surface area contributed by atoms with E-state index in [4.69, 9.17) is 10.5 Å². The van der Waals surface area contributed by atoms with E-state index in [2.05, 4.69) is 36.8 Å². The van der Waals surface area contributed by atoms with Gasteiger partial charge in [0.05, 0.1) is 14.6 Å². The van der Waals surface area contributed by atoms with Gasteiger partial charge in [0.2, 0.25) is 0 Å². The maximum atomic E-state index is 5.79. The van der Waals surface area contributed by atoms with E-state index in [0.29, 0.717) is 12.3 Å². The van der Waals surface area contributed by atoms with Crippen LogP contribution in [0.2, 0.25) is 0 Å². The summed E-state index contributed by atoms with van der Waals surface area (Å²) in [5.74, 6) is 0.727. The maximum absolute atomic E-state index is 5.79. The average Bonchev–Trinajstić information content (AvgIpc) is 2.87. The fourth-order valence-electron chi connectivity index (χ4n) is 1.71. The van der Waals surface area contributed by atoms with E-state index in [0.717, 1.165) is 25.3 Å². The van der Waals surface area contributed by atoms with Crippen molar-refractivity contribution in [2.75, 3.05) is 5.73 Å². The number of rotatable bonds is 3. The van der Waals surface area contributed by atoms with E-state index in [1.807, 2.05) is 34.3 Å². The van der Waals surface area contributed by atoms with Crippen LogP contribution in [0, 0.1) is 0 Å². The van der Waals surface area contributed by atoms with Crippen LogP contribution in [0.4, 0.5) is 5.69 Å². The van der Waals surface area contributed by atoms with Crippen LogP contribution in [0.1, 0.15) is 5.69 Å². The molecule has 3 aromatic rings. The molecule has 0 amide bonds. The summed E-state index contributed by atoms with van der Waals surface area (Å²) in [4.78, 5) is 5.43. The Morgan fingerprint density at radius 1 is 1.32 bits per heavy atom. The Bertz CT molecular complexity index is 686. The summed E-state index contributed by atoms with van der Waals surface area (Å²) >= 11 is 8.48. The third kappa shape index (κ3) is 2.63. The first-order valence-corrected chi connectivity index (χ1v) is 7.88. The molecule has 0 saturated carbocycles. The zero-order valence-electron chi connectivity index (χ0n) is 9.64. The minimum absolute atomic E-state index is 0.412. The van der Waals surface area contributed by atoms with Crippen LogP contribution < -0.4 is 10.5 Å². The van der Waals surface area contributed by atoms with Gasteiger partial charge in [-0.3, -0.25) is 4.40 Å². The van der Waals surface area contributed by atoms with Crippen molar-refractivity contribution < 1.29 is 4.74 Å². The minimum atomic E-state index is 0.412. The highest BCUT2D eigenvalue weighted by molar-refractivity contribution is 9.11. The average molecular weight is 403 g/mol. The molecule has 2 heterocycles. The van der Waals surface area contributed by atoms with Crippen LogP contribution in [0.15, 0.2) is 38.9 Å². The SMILES string of the molecule is Nc1cc(Br)c(OCc2cn3ccsc3n2)c(Br)c1. The number of imidazole rings is 1. The van der Waals surface area contributed by atoms with Crippen molar-refractivity contribution in [3.05, 3.63) is 44.5 Å². The lowest BCUT2D eigenvalue weighted by atomic mass is 10.3. The third-order valence-corrected chi connectivity index (χ3v) is 4.48. The summed E-state index contributed by atoms with van der Waals surface area (Å²) in [6, 6.07) is 3.62. The minimum Gasteiger partial charge on any atom is -0.485 e. The van der Waals surface area contributed by atoms with Gasteiger partial charge in [0, 0.05) is 23.5 Å². The second kappa shape index (κ2) is 5.15. The molecule has 0 spiro atoms. The zero-order chi connectivity index (χ0) is 13.4. The molecular weight excluding hydrogens is 394 g/mol. The number of hydrogen-bond donors (Lipinski definition) is 1. The lowest BCUT2D eigenvalue weighted by Gasteiger charge is -2.09. The molecule has 1 aromatic carbocycles. The lowest BCUT2D eigenvalue weighted by molar-refractivity contribution is 0.298. The predicted octanol–water partition coefficient (Wildman–Crippen LogP) is 4.08. The second-order valence-corrected chi connectivity index (χ2v) is 6.51. The highest BCUT2D eigenvalue weighted by atomic mass is 79.9. The van der Waals surface area contributed by atoms with Crippen molar-refractivity contribution in [3.63, 3.8) is 0 Å². The predicted molar refractivity (Wildman–Crippen MR) is 83.7 cm³/mol. The highest BCUT2D eigenvalue weighted by Gasteiger charge is 2.10. The summed E-state index contributed by atoms with van der Waals surface area (Å²) in [5.41, 5.74) is 7.31. The summed E-state index contributed by atoms with van der Waals surface area (Å²) in [5, 5.41) is 2.00. The molecule has 2 aromatic heterocycles. The third-order valence-electron chi connectivity index (χ3n) is 2.53. The first-order valence-electron chi connectivity index (χ1n) is 5.42. The van der Waals surface area contributed by atoms with E-state index >= 15 is 0 Å². The molecule has 0 aliphatic heterocycles. The fraction of sp³-hybridized carbons (Fsp3) is 0.0833. The molecule has 0 bridgehead atoms. The first-order chi connectivity index (χ1) is 9.13. The number of thiazole rings is 1. The van der Waals surface area contributed by atoms with E-state index in [1.165, 1.54) is 0 Å². The first kappa shape index (κ1) is 13.0. The Balaban J connectivity index is 1.81. The smallest absolute Gasteiger partial charge is 0.193 e. The van der Waals surface area contributed by atoms with E-state index in [9.17, 15) is 0 Å². The van der Waals surface area contributed by atoms with Crippen LogP contribution in [-0.2, 0) is 6.61 Å². The number of fused-ring (bicyclic) bond motifs is 1. The molecule has 7 heteroatoms. The molecule has 0 aliphatic rings. The van der Waals surface area contributed by atoms with E-state index in [-0.39, 0.29) is 0 Å². The van der Waals surface area contributed by atoms with Gasteiger partial charge in [-0.05, 0) is 44.0 Å². The second-order valence-electron chi connectivity index (χ2n) is 3.93. The Hall–Kier alpha value is -1.05. The summed E-state index contributed by atoms with van der Waals surface area (Å²) in [6.45, 7) is 0.412. The molecular formula is C12H9Br2N3OS. The van der Waals surface area contributed by atoms with Gasteiger partial charge in [-0.2, -0.15) is 0 Å². The van der Waals surface area contributed by atoms with Crippen molar-refractivity contribution in [2.45, 2.75) is 6.61 Å². The van der Waals surface area contributed by atoms with Crippen LogP contribution >= 0.6 is 43.2 Å². The largest absolute Gasteiger partial charge is 0.485 e. The van der Waals surface area contributed by atoms with Crippen molar-refractivity contribution in [3.8, 4) is 5.75 Å². The Kier molecular flexibility index (Phi) is 3.51. The molecule has 0 aliphatic carbocycles. The number of ether oxygens (including phenoxy) is 1. The van der Waals surface area contributed by atoms with Crippen molar-refractivity contribution in [1.82, 2.24) is 9.38 Å². The number of aromatic nitrogens is 2. The maximum Gasteiger partial charge on any atom is 0.193 e. The van der Waals surface area contributed by atoms with Crippen molar-refractivity contribution in [1.29, 1.82) is 0 Å². The van der Waals surface area contributed by atoms with Gasteiger partial charge in [0.15, 0.2) is 4.96 Å². The van der Waals surface area contributed by atoms with E-state index < -0.39 is 0 Å². The van der Waals surface area contributed by atoms with Gasteiger partial charge < -0.3 is 10.5 Å². The quantitative estimate of drug-likeness (QED) is 0.671. The number of nitrogens with zero attached hydrogens (tertiary/aromatic N) is 2. The van der Waals surface area contributed by atoms with Gasteiger partial charge in [-0.25, -0.2) is 4.98 Å². The molecule has 19 heavy (non-hydrogen) atoms. The zero-order valence-corrected chi connectivity index (χ0v) is 13.6. The number of nitrogen functional groups attached to an aromatic ring is 1. The Morgan fingerprint density at radius 2 is 2.05 bits per heavy atom. The summed E-state index contributed by atoms with van der Waals surface area (Å²) in [7, 11) is 0. The van der Waals surface area contributed by atoms with Gasteiger partial charge in [0.1, 0.15) is 12.4 Å². The van der Waals surface area contributed by atoms with Crippen LogP contribution in [-0.4, -0.2) is 9.38 Å². The normalized spacial score (nSPS) is 11.1. The van der Waals surface area contributed by atoms with Gasteiger partial charge >= 0.3 is 0 Å². The van der Waals surface area contributed by atoms with Crippen molar-refractivity contribution >= 4 is 53.8 Å². The molecule has 2 N–H and O–H groups in total. The van der Waals surface area contributed by atoms with Gasteiger partial charge in [-0.15, -0.1) is 11.3 Å². The Morgan fingerprint density at radius 3 is 2.74 bits per heavy atom. The molecule has 3 rings (SSSR count). The molecule has 0 saturated heterocycles. The Labute approximate surface area is 130 Å². The molecule has 98 valence electrons. The molecule has 0 radical (unpaired) electrons. The fourth-order valence-corrected chi connectivity index (χ4v) is 3.88. The van der Waals surface area contributed by atoms with Gasteiger partial charge in [0.25, 0.3) is 0 Å². The van der Waals surface area contributed by atoms with Crippen LogP contribution in [0.3, 0.4) is 0 Å². The molecule has 4 nitrogen and oxygen atoms in total. The van der Waals surface area contributed by atoms with Crippen molar-refractivity contribution in [2.24, 2.45) is 0 Å². The lowest BCUT2D eigenvalue weighted by Crippen LogP contribution is -1.98. The summed E-state index contributed by atoms with van der Waals surface area (Å²) < 4.78 is 9.41. The number of hydrogen-bond acceptors (Lipinski definition) is 4. The molecule has 0 unspecified atom stereocenters. The van der Waals surface area contributed by atoms with E-state index in [1.54, 1.807) is 11.3 Å².